The van der Waals surface area contributed by atoms with Crippen LogP contribution in [-0.4, -0.2) is 129 Å². The lowest BCUT2D eigenvalue weighted by molar-refractivity contribution is -0.136. The van der Waals surface area contributed by atoms with Crippen LogP contribution in [0.15, 0.2) is 120 Å². The van der Waals surface area contributed by atoms with Gasteiger partial charge in [0, 0.05) is 110 Å². The van der Waals surface area contributed by atoms with E-state index in [9.17, 15) is 24.0 Å². The van der Waals surface area contributed by atoms with Crippen LogP contribution in [0.25, 0.3) is 11.1 Å². The average Bonchev–Trinajstić information content (AvgIpc) is 3.76. The fraction of sp³-hybridized carbons (Fsp3) is 0.368. The number of rotatable bonds is 11. The Hall–Kier alpha value is -7.21. The summed E-state index contributed by atoms with van der Waals surface area (Å²) in [6.07, 6.45) is 16.5. The predicted molar refractivity (Wildman–Crippen MR) is 286 cm³/mol. The van der Waals surface area contributed by atoms with Gasteiger partial charge < -0.3 is 30.7 Å². The number of carbonyl (C=O) groups is 5. The van der Waals surface area contributed by atoms with Gasteiger partial charge >= 0.3 is 0 Å². The number of anilines is 3. The number of allylic oxidation sites excluding steroid dienone is 1. The molecular formula is C57H61N11O5S. The average molecular weight is 1010 g/mol. The number of nitrogens with two attached hydrogens (primary N) is 1. The largest absolute Gasteiger partial charge is 0.368 e. The van der Waals surface area contributed by atoms with Crippen LogP contribution in [0, 0.1) is 0 Å². The molecule has 0 spiro atoms. The molecule has 16 nitrogen and oxygen atoms in total. The number of hydrogen-bond donors (Lipinski definition) is 3. The van der Waals surface area contributed by atoms with Crippen molar-refractivity contribution in [1.29, 1.82) is 0 Å². The number of nitrogens with one attached hydrogen (secondary N) is 2. The minimum Gasteiger partial charge on any atom is -0.368 e. The molecule has 4 N–H and O–H groups in total. The molecule has 7 heterocycles. The van der Waals surface area contributed by atoms with E-state index in [0.717, 1.165) is 109 Å². The second kappa shape index (κ2) is 21.0. The van der Waals surface area contributed by atoms with Crippen LogP contribution >= 0.6 is 11.8 Å². The molecule has 5 aliphatic heterocycles. The number of fused-ring (bicyclic) bond motifs is 1. The normalized spacial score (nSPS) is 21.2. The lowest BCUT2D eigenvalue weighted by Crippen LogP contribution is -2.52. The number of carbonyl (C=O) groups excluding carboxylic acids is 5. The molecule has 2 atom stereocenters. The van der Waals surface area contributed by atoms with Gasteiger partial charge in [0.2, 0.25) is 11.8 Å². The van der Waals surface area contributed by atoms with Gasteiger partial charge in [-0.25, -0.2) is 9.97 Å². The van der Waals surface area contributed by atoms with E-state index < -0.39 is 11.9 Å². The number of piperazine rings is 1. The van der Waals surface area contributed by atoms with Crippen LogP contribution in [0.5, 0.6) is 0 Å². The molecule has 380 valence electrons. The highest BCUT2D eigenvalue weighted by atomic mass is 32.2. The first-order valence-electron chi connectivity index (χ1n) is 25.9. The van der Waals surface area contributed by atoms with Crippen molar-refractivity contribution in [3.05, 3.63) is 143 Å². The lowest BCUT2D eigenvalue weighted by atomic mass is 9.88. The van der Waals surface area contributed by atoms with Gasteiger partial charge in [-0.3, -0.25) is 39.2 Å². The number of amides is 5. The van der Waals surface area contributed by atoms with E-state index in [2.05, 4.69) is 71.5 Å². The molecule has 11 rings (SSSR count). The molecule has 3 fully saturated rings. The summed E-state index contributed by atoms with van der Waals surface area (Å²) >= 11 is 1.51. The Morgan fingerprint density at radius 1 is 0.770 bits per heavy atom. The number of nitrogens with zero attached hydrogens (tertiary/aromatic N) is 8. The highest BCUT2D eigenvalue weighted by Crippen LogP contribution is 2.35. The van der Waals surface area contributed by atoms with Crippen LogP contribution in [-0.2, 0) is 16.1 Å². The highest BCUT2D eigenvalue weighted by molar-refractivity contribution is 7.99. The number of benzene rings is 3. The van der Waals surface area contributed by atoms with Crippen molar-refractivity contribution in [2.24, 2.45) is 5.73 Å². The Labute approximate surface area is 435 Å². The van der Waals surface area contributed by atoms with Gasteiger partial charge in [0.05, 0.1) is 12.4 Å². The van der Waals surface area contributed by atoms with Crippen LogP contribution in [0.1, 0.15) is 106 Å². The first kappa shape index (κ1) is 49.0. The Balaban J connectivity index is 0.619. The molecule has 2 aromatic heterocycles. The van der Waals surface area contributed by atoms with Gasteiger partial charge in [-0.1, -0.05) is 48.2 Å². The SMILES string of the molecule is CC1(N)CCN(c2cnc(Sc3cccc(NC(=O)c4ccc(C5=CCC(N6CC=C(c7ccc(C(=O)N8CCN(c9ccc%10c(c9)CN(C9CCC(=O)NC9=O)C%10=O)CC8)nc7)CC6)CC5)cc4)c3)cn2)CC1. The van der Waals surface area contributed by atoms with E-state index in [4.69, 9.17) is 5.73 Å². The van der Waals surface area contributed by atoms with Crippen molar-refractivity contribution < 1.29 is 24.0 Å². The van der Waals surface area contributed by atoms with Gasteiger partial charge in [0.25, 0.3) is 17.7 Å². The summed E-state index contributed by atoms with van der Waals surface area (Å²) in [5.74, 6) is -0.277. The first-order valence-corrected chi connectivity index (χ1v) is 26.7. The van der Waals surface area contributed by atoms with Crippen molar-refractivity contribution in [3.63, 3.8) is 0 Å². The van der Waals surface area contributed by atoms with Crippen LogP contribution in [0.3, 0.4) is 0 Å². The zero-order chi connectivity index (χ0) is 50.9. The first-order chi connectivity index (χ1) is 35.9. The lowest BCUT2D eigenvalue weighted by Gasteiger charge is -2.37. The summed E-state index contributed by atoms with van der Waals surface area (Å²) in [4.78, 5) is 89.6. The van der Waals surface area contributed by atoms with E-state index in [1.165, 1.54) is 22.9 Å². The van der Waals surface area contributed by atoms with Crippen molar-refractivity contribution in [1.82, 2.24) is 35.0 Å². The second-order valence-corrected chi connectivity index (χ2v) is 21.7. The van der Waals surface area contributed by atoms with Crippen molar-refractivity contribution in [2.75, 3.05) is 67.5 Å². The summed E-state index contributed by atoms with van der Waals surface area (Å²) in [7, 11) is 0. The number of imide groups is 1. The minimum atomic E-state index is -0.647. The van der Waals surface area contributed by atoms with Gasteiger partial charge in [-0.05, 0) is 134 Å². The van der Waals surface area contributed by atoms with E-state index >= 15 is 0 Å². The maximum atomic E-state index is 13.6. The molecule has 0 saturated carbocycles. The molecule has 5 amide bonds. The van der Waals surface area contributed by atoms with Crippen LogP contribution < -0.4 is 26.2 Å². The summed E-state index contributed by atoms with van der Waals surface area (Å²) < 4.78 is 0. The van der Waals surface area contributed by atoms with E-state index in [1.807, 2.05) is 84.0 Å². The standard InChI is InChI=1S/C57H61N11O5S/c1-57(58)21-25-66(26-22-57)50-34-61-52(35-60-50)74-46-4-2-3-43(32-46)62-53(70)40-7-5-37(6-8-40)38-9-12-44(13-10-38)64-23-19-39(20-24-64)41-11-16-48(59-33-41)56(73)67-29-27-65(28-30-67)45-14-15-47-42(31-45)36-68(55(47)72)49-17-18-51(69)63-54(49)71/h2-9,11,14-16,19,31-35,44,49H,10,12-13,17-18,20-30,36,58H2,1H3,(H,62,70)(H,63,69,71). The van der Waals surface area contributed by atoms with Crippen LogP contribution in [0.2, 0.25) is 0 Å². The zero-order valence-electron chi connectivity index (χ0n) is 41.7. The molecular weight excluding hydrogens is 951 g/mol. The van der Waals surface area contributed by atoms with Crippen molar-refractivity contribution in [3.8, 4) is 0 Å². The Morgan fingerprint density at radius 2 is 1.57 bits per heavy atom. The maximum absolute atomic E-state index is 13.6. The fourth-order valence-electron chi connectivity index (χ4n) is 11.1. The third kappa shape index (κ3) is 10.7. The van der Waals surface area contributed by atoms with E-state index in [1.54, 1.807) is 11.1 Å². The molecule has 17 heteroatoms. The maximum Gasteiger partial charge on any atom is 0.272 e. The fourth-order valence-corrected chi connectivity index (χ4v) is 11.8. The Bertz CT molecular complexity index is 3030. The quantitative estimate of drug-likeness (QED) is 0.114. The summed E-state index contributed by atoms with van der Waals surface area (Å²) in [6, 6.07) is 25.2. The molecule has 6 aliphatic rings. The van der Waals surface area contributed by atoms with Crippen molar-refractivity contribution in [2.45, 2.75) is 92.4 Å². The molecule has 3 aromatic carbocycles. The Morgan fingerprint density at radius 3 is 2.27 bits per heavy atom. The predicted octanol–water partition coefficient (Wildman–Crippen LogP) is 7.04. The number of piperidine rings is 2. The summed E-state index contributed by atoms with van der Waals surface area (Å²) in [6.45, 7) is 8.39. The van der Waals surface area contributed by atoms with Crippen LogP contribution in [0.4, 0.5) is 17.2 Å². The minimum absolute atomic E-state index is 0.0819. The summed E-state index contributed by atoms with van der Waals surface area (Å²) in [5, 5.41) is 6.21. The smallest absolute Gasteiger partial charge is 0.272 e. The summed E-state index contributed by atoms with van der Waals surface area (Å²) in [5.41, 5.74) is 15.1. The number of aromatic nitrogens is 3. The highest BCUT2D eigenvalue weighted by Gasteiger charge is 2.39. The molecule has 74 heavy (non-hydrogen) atoms. The van der Waals surface area contributed by atoms with Gasteiger partial charge in [-0.2, -0.15) is 0 Å². The monoisotopic (exact) mass is 1010 g/mol. The molecule has 2 unspecified atom stereocenters. The third-order valence-electron chi connectivity index (χ3n) is 15.6. The zero-order valence-corrected chi connectivity index (χ0v) is 42.5. The molecule has 0 bridgehead atoms. The van der Waals surface area contributed by atoms with Gasteiger partial charge in [-0.15, -0.1) is 0 Å². The third-order valence-corrected chi connectivity index (χ3v) is 16.5. The topological polar surface area (TPSA) is 190 Å². The molecule has 3 saturated heterocycles. The molecule has 5 aromatic rings. The second-order valence-electron chi connectivity index (χ2n) is 20.6. The molecule has 1 aliphatic carbocycles. The van der Waals surface area contributed by atoms with Crippen molar-refractivity contribution >= 4 is 69.6 Å². The Kier molecular flexibility index (Phi) is 13.9. The van der Waals surface area contributed by atoms with E-state index in [0.29, 0.717) is 62.0 Å². The van der Waals surface area contributed by atoms with Gasteiger partial charge in [0.1, 0.15) is 22.6 Å². The molecule has 0 radical (unpaired) electrons. The van der Waals surface area contributed by atoms with Gasteiger partial charge in [0.15, 0.2) is 0 Å². The number of pyridine rings is 1. The van der Waals surface area contributed by atoms with E-state index in [-0.39, 0.29) is 35.6 Å². The number of hydrogen-bond acceptors (Lipinski definition) is 13.